The molecule has 4 nitrogen and oxygen atoms in total. The quantitative estimate of drug-likeness (QED) is 0.900. The Morgan fingerprint density at radius 3 is 2.50 bits per heavy atom. The molecule has 2 heterocycles. The first-order valence-electron chi connectivity index (χ1n) is 7.91. The highest BCUT2D eigenvalue weighted by atomic mass is 16.2. The zero-order valence-corrected chi connectivity index (χ0v) is 12.4. The summed E-state index contributed by atoms with van der Waals surface area (Å²) < 4.78 is 0. The van der Waals surface area contributed by atoms with Gasteiger partial charge in [0.05, 0.1) is 5.69 Å². The Bertz CT molecular complexity index is 531. The Hall–Kier alpha value is -1.32. The average Bonchev–Trinajstić information content (AvgIpc) is 3.36. The number of carbonyl (C=O) groups excluding carboxylic acids is 1. The molecule has 108 valence electrons. The molecule has 1 N–H and O–H groups in total. The second-order valence-corrected chi connectivity index (χ2v) is 7.05. The van der Waals surface area contributed by atoms with Crippen molar-refractivity contribution >= 4 is 5.91 Å². The Kier molecular flexibility index (Phi) is 2.54. The minimum Gasteiger partial charge on any atom is -0.346 e. The number of carbonyl (C=O) groups is 1. The third-order valence-electron chi connectivity index (χ3n) is 5.72. The monoisotopic (exact) mass is 273 g/mol. The van der Waals surface area contributed by atoms with Crippen LogP contribution in [0.15, 0.2) is 0 Å². The van der Waals surface area contributed by atoms with Crippen molar-refractivity contribution in [1.82, 2.24) is 14.9 Å². The Morgan fingerprint density at radius 2 is 2.00 bits per heavy atom. The number of rotatable bonds is 2. The molecule has 3 fully saturated rings. The molecular formula is C16H23N3O. The third-order valence-corrected chi connectivity index (χ3v) is 5.72. The second-order valence-electron chi connectivity index (χ2n) is 7.05. The molecule has 0 radical (unpaired) electrons. The van der Waals surface area contributed by atoms with Gasteiger partial charge < -0.3 is 9.88 Å². The van der Waals surface area contributed by atoms with Gasteiger partial charge in [-0.1, -0.05) is 0 Å². The molecule has 1 spiro atoms. The number of piperidine rings is 1. The summed E-state index contributed by atoms with van der Waals surface area (Å²) in [6.07, 6.45) is 5.87. The number of nitrogens with zero attached hydrogens (tertiary/aromatic N) is 2. The Morgan fingerprint density at radius 1 is 1.30 bits per heavy atom. The van der Waals surface area contributed by atoms with E-state index in [4.69, 9.17) is 0 Å². The van der Waals surface area contributed by atoms with Crippen molar-refractivity contribution in [3.8, 4) is 0 Å². The van der Waals surface area contributed by atoms with Crippen LogP contribution in [0.25, 0.3) is 0 Å². The maximum Gasteiger partial charge on any atom is 0.226 e. The number of aryl methyl sites for hydroxylation is 2. The van der Waals surface area contributed by atoms with Crippen LogP contribution in [-0.4, -0.2) is 33.9 Å². The van der Waals surface area contributed by atoms with Crippen LogP contribution in [0.3, 0.4) is 0 Å². The molecule has 1 atom stereocenters. The largest absolute Gasteiger partial charge is 0.346 e. The van der Waals surface area contributed by atoms with Crippen LogP contribution < -0.4 is 0 Å². The molecule has 0 aromatic carbocycles. The number of aromatic amines is 1. The molecule has 4 heteroatoms. The lowest BCUT2D eigenvalue weighted by Gasteiger charge is -2.31. The van der Waals surface area contributed by atoms with Crippen molar-refractivity contribution in [3.63, 3.8) is 0 Å². The fourth-order valence-corrected chi connectivity index (χ4v) is 3.77. The first-order chi connectivity index (χ1) is 9.59. The SMILES string of the molecule is Cc1nc(C2CCN(C(=O)C3CC34CC4)CC2)[nH]c1C. The molecule has 2 aliphatic carbocycles. The van der Waals surface area contributed by atoms with Gasteiger partial charge in [0.15, 0.2) is 0 Å². The van der Waals surface area contributed by atoms with E-state index in [1.807, 2.05) is 0 Å². The molecule has 4 rings (SSSR count). The summed E-state index contributed by atoms with van der Waals surface area (Å²) in [6.45, 7) is 5.95. The van der Waals surface area contributed by atoms with Gasteiger partial charge in [-0.3, -0.25) is 4.79 Å². The van der Waals surface area contributed by atoms with E-state index in [0.29, 0.717) is 23.2 Å². The van der Waals surface area contributed by atoms with Gasteiger partial charge >= 0.3 is 0 Å². The smallest absolute Gasteiger partial charge is 0.226 e. The summed E-state index contributed by atoms with van der Waals surface area (Å²) in [6, 6.07) is 0. The van der Waals surface area contributed by atoms with Crippen molar-refractivity contribution in [3.05, 3.63) is 17.2 Å². The van der Waals surface area contributed by atoms with Gasteiger partial charge in [-0.05, 0) is 51.4 Å². The summed E-state index contributed by atoms with van der Waals surface area (Å²) in [5, 5.41) is 0. The number of nitrogens with one attached hydrogen (secondary N) is 1. The van der Waals surface area contributed by atoms with Crippen molar-refractivity contribution in [2.75, 3.05) is 13.1 Å². The molecule has 0 bridgehead atoms. The number of imidazole rings is 1. The molecule has 1 aliphatic heterocycles. The standard InChI is InChI=1S/C16H23N3O/c1-10-11(2)18-14(17-10)12-3-7-19(8-4-12)15(20)13-9-16(13)5-6-16/h12-13H,3-9H2,1-2H3,(H,17,18). The van der Waals surface area contributed by atoms with Gasteiger partial charge in [-0.25, -0.2) is 4.98 Å². The highest BCUT2D eigenvalue weighted by molar-refractivity contribution is 5.83. The number of H-pyrrole nitrogens is 1. The van der Waals surface area contributed by atoms with Gasteiger partial charge in [0.25, 0.3) is 0 Å². The van der Waals surface area contributed by atoms with E-state index in [9.17, 15) is 4.79 Å². The van der Waals surface area contributed by atoms with E-state index in [2.05, 4.69) is 28.7 Å². The number of likely N-dealkylation sites (tertiary alicyclic amines) is 1. The molecule has 1 aromatic rings. The molecule has 2 saturated carbocycles. The third kappa shape index (κ3) is 1.88. The topological polar surface area (TPSA) is 49.0 Å². The predicted octanol–water partition coefficient (Wildman–Crippen LogP) is 2.53. The highest BCUT2D eigenvalue weighted by Gasteiger charge is 2.66. The maximum atomic E-state index is 12.4. The lowest BCUT2D eigenvalue weighted by Crippen LogP contribution is -2.39. The predicted molar refractivity (Wildman–Crippen MR) is 76.4 cm³/mol. The van der Waals surface area contributed by atoms with Crippen LogP contribution in [0.1, 0.15) is 55.2 Å². The van der Waals surface area contributed by atoms with Gasteiger partial charge in [0, 0.05) is 30.6 Å². The highest BCUT2D eigenvalue weighted by Crippen LogP contribution is 2.71. The second kappa shape index (κ2) is 4.09. The lowest BCUT2D eigenvalue weighted by atomic mass is 9.96. The minimum atomic E-state index is 0.382. The summed E-state index contributed by atoms with van der Waals surface area (Å²) in [5.41, 5.74) is 2.77. The van der Waals surface area contributed by atoms with Gasteiger partial charge in [0.2, 0.25) is 5.91 Å². The van der Waals surface area contributed by atoms with Crippen LogP contribution >= 0.6 is 0 Å². The van der Waals surface area contributed by atoms with Crippen LogP contribution in [0.4, 0.5) is 0 Å². The van der Waals surface area contributed by atoms with E-state index >= 15 is 0 Å². The number of hydrogen-bond acceptors (Lipinski definition) is 2. The zero-order chi connectivity index (χ0) is 13.9. The number of amides is 1. The summed E-state index contributed by atoms with van der Waals surface area (Å²) in [7, 11) is 0. The molecule has 1 unspecified atom stereocenters. The van der Waals surface area contributed by atoms with Crippen molar-refractivity contribution in [1.29, 1.82) is 0 Å². The van der Waals surface area contributed by atoms with Crippen LogP contribution in [-0.2, 0) is 4.79 Å². The first kappa shape index (κ1) is 12.4. The minimum absolute atomic E-state index is 0.382. The van der Waals surface area contributed by atoms with E-state index in [0.717, 1.165) is 37.4 Å². The number of hydrogen-bond donors (Lipinski definition) is 1. The molecule has 1 aromatic heterocycles. The number of aromatic nitrogens is 2. The van der Waals surface area contributed by atoms with E-state index in [1.54, 1.807) is 0 Å². The van der Waals surface area contributed by atoms with Gasteiger partial charge in [-0.15, -0.1) is 0 Å². The summed E-state index contributed by atoms with van der Waals surface area (Å²) in [4.78, 5) is 22.6. The van der Waals surface area contributed by atoms with E-state index in [-0.39, 0.29) is 0 Å². The van der Waals surface area contributed by atoms with Gasteiger partial charge in [0.1, 0.15) is 5.82 Å². The van der Waals surface area contributed by atoms with Crippen LogP contribution in [0.5, 0.6) is 0 Å². The molecule has 1 amide bonds. The van der Waals surface area contributed by atoms with E-state index in [1.165, 1.54) is 25.0 Å². The maximum absolute atomic E-state index is 12.4. The molecule has 20 heavy (non-hydrogen) atoms. The fraction of sp³-hybridized carbons (Fsp3) is 0.750. The summed E-state index contributed by atoms with van der Waals surface area (Å²) in [5.74, 6) is 2.44. The average molecular weight is 273 g/mol. The van der Waals surface area contributed by atoms with Gasteiger partial charge in [-0.2, -0.15) is 0 Å². The first-order valence-corrected chi connectivity index (χ1v) is 7.91. The summed E-state index contributed by atoms with van der Waals surface area (Å²) >= 11 is 0. The van der Waals surface area contributed by atoms with Crippen LogP contribution in [0, 0.1) is 25.2 Å². The zero-order valence-electron chi connectivity index (χ0n) is 12.4. The molecular weight excluding hydrogens is 250 g/mol. The Labute approximate surface area is 120 Å². The fourth-order valence-electron chi connectivity index (χ4n) is 3.77. The molecule has 1 saturated heterocycles. The van der Waals surface area contributed by atoms with E-state index < -0.39 is 0 Å². The van der Waals surface area contributed by atoms with Crippen molar-refractivity contribution in [2.24, 2.45) is 11.3 Å². The normalized spacial score (nSPS) is 27.9. The Balaban J connectivity index is 1.37. The van der Waals surface area contributed by atoms with Crippen LogP contribution in [0.2, 0.25) is 0 Å². The van der Waals surface area contributed by atoms with Crippen molar-refractivity contribution < 1.29 is 4.79 Å². The lowest BCUT2D eigenvalue weighted by molar-refractivity contribution is -0.134. The van der Waals surface area contributed by atoms with Crippen molar-refractivity contribution in [2.45, 2.75) is 51.9 Å². The molecule has 3 aliphatic rings.